The van der Waals surface area contributed by atoms with Crippen LogP contribution in [0.25, 0.3) is 10.9 Å². The maximum Gasteiger partial charge on any atom is 0.254 e. The predicted octanol–water partition coefficient (Wildman–Crippen LogP) is 2.81. The lowest BCUT2D eigenvalue weighted by Gasteiger charge is -2.05. The SMILES string of the molecule is COc1cccc2c(C(=O)NCc3ccccn3)c(C)[nH]c12. The molecule has 5 heteroatoms. The number of fused-ring (bicyclic) bond motifs is 1. The first-order valence-corrected chi connectivity index (χ1v) is 7.04. The van der Waals surface area contributed by atoms with Gasteiger partial charge in [0.05, 0.1) is 30.4 Å². The van der Waals surface area contributed by atoms with E-state index in [0.717, 1.165) is 28.0 Å². The summed E-state index contributed by atoms with van der Waals surface area (Å²) >= 11 is 0. The van der Waals surface area contributed by atoms with Crippen molar-refractivity contribution in [1.82, 2.24) is 15.3 Å². The number of ether oxygens (including phenoxy) is 1. The molecular formula is C17H17N3O2. The van der Waals surface area contributed by atoms with Crippen LogP contribution in [-0.2, 0) is 6.54 Å². The zero-order chi connectivity index (χ0) is 15.5. The van der Waals surface area contributed by atoms with E-state index in [1.165, 1.54) is 0 Å². The first kappa shape index (κ1) is 14.1. The molecule has 0 aliphatic carbocycles. The number of carbonyl (C=O) groups excluding carboxylic acids is 1. The highest BCUT2D eigenvalue weighted by Gasteiger charge is 2.17. The van der Waals surface area contributed by atoms with Crippen molar-refractivity contribution in [1.29, 1.82) is 0 Å². The Balaban J connectivity index is 1.89. The molecule has 112 valence electrons. The van der Waals surface area contributed by atoms with Gasteiger partial charge in [-0.2, -0.15) is 0 Å². The van der Waals surface area contributed by atoms with Crippen LogP contribution in [0.1, 0.15) is 21.7 Å². The molecule has 3 rings (SSSR count). The summed E-state index contributed by atoms with van der Waals surface area (Å²) in [4.78, 5) is 19.9. The van der Waals surface area contributed by atoms with Gasteiger partial charge >= 0.3 is 0 Å². The van der Waals surface area contributed by atoms with Crippen molar-refractivity contribution < 1.29 is 9.53 Å². The fourth-order valence-electron chi connectivity index (χ4n) is 2.55. The maximum absolute atomic E-state index is 12.5. The molecule has 0 fully saturated rings. The molecular weight excluding hydrogens is 278 g/mol. The predicted molar refractivity (Wildman–Crippen MR) is 85.0 cm³/mol. The van der Waals surface area contributed by atoms with Crippen molar-refractivity contribution in [2.45, 2.75) is 13.5 Å². The van der Waals surface area contributed by atoms with Gasteiger partial charge in [-0.1, -0.05) is 18.2 Å². The van der Waals surface area contributed by atoms with Crippen molar-refractivity contribution in [3.05, 3.63) is 59.5 Å². The summed E-state index contributed by atoms with van der Waals surface area (Å²) in [6.07, 6.45) is 1.71. The van der Waals surface area contributed by atoms with E-state index in [0.29, 0.717) is 12.1 Å². The van der Waals surface area contributed by atoms with Gasteiger partial charge in [0.1, 0.15) is 5.75 Å². The number of H-pyrrole nitrogens is 1. The highest BCUT2D eigenvalue weighted by Crippen LogP contribution is 2.29. The summed E-state index contributed by atoms with van der Waals surface area (Å²) < 4.78 is 5.33. The van der Waals surface area contributed by atoms with Crippen LogP contribution < -0.4 is 10.1 Å². The molecule has 1 aromatic carbocycles. The molecule has 0 saturated heterocycles. The summed E-state index contributed by atoms with van der Waals surface area (Å²) in [5.41, 5.74) is 3.12. The summed E-state index contributed by atoms with van der Waals surface area (Å²) in [6.45, 7) is 2.28. The van der Waals surface area contributed by atoms with E-state index in [1.54, 1.807) is 13.3 Å². The standard InChI is InChI=1S/C17H17N3O2/c1-11-15(13-7-5-8-14(22-2)16(13)20-11)17(21)19-10-12-6-3-4-9-18-12/h3-9,20H,10H2,1-2H3,(H,19,21). The number of pyridine rings is 1. The molecule has 0 spiro atoms. The Morgan fingerprint density at radius 1 is 1.27 bits per heavy atom. The van der Waals surface area contributed by atoms with Crippen molar-refractivity contribution >= 4 is 16.8 Å². The van der Waals surface area contributed by atoms with E-state index in [9.17, 15) is 4.79 Å². The molecule has 2 heterocycles. The minimum absolute atomic E-state index is 0.123. The Bertz CT molecular complexity index is 809. The number of hydrogen-bond donors (Lipinski definition) is 2. The average molecular weight is 295 g/mol. The van der Waals surface area contributed by atoms with Gasteiger partial charge in [-0.3, -0.25) is 9.78 Å². The molecule has 2 N–H and O–H groups in total. The number of nitrogens with zero attached hydrogens (tertiary/aromatic N) is 1. The van der Waals surface area contributed by atoms with Gasteiger partial charge in [0.15, 0.2) is 0 Å². The van der Waals surface area contributed by atoms with E-state index < -0.39 is 0 Å². The highest BCUT2D eigenvalue weighted by atomic mass is 16.5. The van der Waals surface area contributed by atoms with E-state index in [2.05, 4.69) is 15.3 Å². The van der Waals surface area contributed by atoms with Crippen LogP contribution in [0.3, 0.4) is 0 Å². The van der Waals surface area contributed by atoms with Gasteiger partial charge < -0.3 is 15.0 Å². The number of carbonyl (C=O) groups is 1. The van der Waals surface area contributed by atoms with Crippen LogP contribution in [0, 0.1) is 6.92 Å². The fourth-order valence-corrected chi connectivity index (χ4v) is 2.55. The van der Waals surface area contributed by atoms with Crippen molar-refractivity contribution in [2.24, 2.45) is 0 Å². The number of aromatic amines is 1. The summed E-state index contributed by atoms with van der Waals surface area (Å²) in [6, 6.07) is 11.3. The number of benzene rings is 1. The van der Waals surface area contributed by atoms with E-state index in [1.807, 2.05) is 43.3 Å². The number of rotatable bonds is 4. The number of para-hydroxylation sites is 1. The Kier molecular flexibility index (Phi) is 3.78. The molecule has 0 aliphatic rings. The summed E-state index contributed by atoms with van der Waals surface area (Å²) in [5, 5.41) is 3.77. The zero-order valence-electron chi connectivity index (χ0n) is 12.5. The first-order chi connectivity index (χ1) is 10.7. The van der Waals surface area contributed by atoms with Gasteiger partial charge in [0.2, 0.25) is 0 Å². The van der Waals surface area contributed by atoms with Crippen LogP contribution in [0.4, 0.5) is 0 Å². The minimum Gasteiger partial charge on any atom is -0.495 e. The summed E-state index contributed by atoms with van der Waals surface area (Å²) in [5.74, 6) is 0.604. The zero-order valence-corrected chi connectivity index (χ0v) is 12.5. The number of methoxy groups -OCH3 is 1. The third-order valence-corrected chi connectivity index (χ3v) is 3.59. The van der Waals surface area contributed by atoms with E-state index in [-0.39, 0.29) is 5.91 Å². The molecule has 1 amide bonds. The number of amides is 1. The van der Waals surface area contributed by atoms with Gasteiger partial charge in [-0.15, -0.1) is 0 Å². The van der Waals surface area contributed by atoms with Gasteiger partial charge in [0.25, 0.3) is 5.91 Å². The van der Waals surface area contributed by atoms with Gasteiger partial charge in [0, 0.05) is 17.3 Å². The Morgan fingerprint density at radius 2 is 2.14 bits per heavy atom. The average Bonchev–Trinajstić information content (AvgIpc) is 2.89. The lowest BCUT2D eigenvalue weighted by Crippen LogP contribution is -2.23. The lowest BCUT2D eigenvalue weighted by molar-refractivity contribution is 0.0951. The molecule has 0 atom stereocenters. The number of hydrogen-bond acceptors (Lipinski definition) is 3. The Hall–Kier alpha value is -2.82. The largest absolute Gasteiger partial charge is 0.495 e. The first-order valence-electron chi connectivity index (χ1n) is 7.04. The second-order valence-corrected chi connectivity index (χ2v) is 5.01. The van der Waals surface area contributed by atoms with Gasteiger partial charge in [-0.25, -0.2) is 0 Å². The smallest absolute Gasteiger partial charge is 0.254 e. The van der Waals surface area contributed by atoms with Crippen LogP contribution in [0.15, 0.2) is 42.6 Å². The van der Waals surface area contributed by atoms with Crippen molar-refractivity contribution in [3.8, 4) is 5.75 Å². The van der Waals surface area contributed by atoms with Gasteiger partial charge in [-0.05, 0) is 25.1 Å². The molecule has 0 radical (unpaired) electrons. The molecule has 2 aromatic heterocycles. The van der Waals surface area contributed by atoms with Crippen molar-refractivity contribution in [2.75, 3.05) is 7.11 Å². The second-order valence-electron chi connectivity index (χ2n) is 5.01. The van der Waals surface area contributed by atoms with E-state index in [4.69, 9.17) is 4.74 Å². The maximum atomic E-state index is 12.5. The highest BCUT2D eigenvalue weighted by molar-refractivity contribution is 6.09. The molecule has 0 aliphatic heterocycles. The van der Waals surface area contributed by atoms with Crippen molar-refractivity contribution in [3.63, 3.8) is 0 Å². The molecule has 0 saturated carbocycles. The third-order valence-electron chi connectivity index (χ3n) is 3.59. The van der Waals surface area contributed by atoms with E-state index >= 15 is 0 Å². The molecule has 3 aromatic rings. The van der Waals surface area contributed by atoms with Crippen LogP contribution in [0.2, 0.25) is 0 Å². The number of aryl methyl sites for hydroxylation is 1. The number of nitrogens with one attached hydrogen (secondary N) is 2. The van der Waals surface area contributed by atoms with Crippen LogP contribution >= 0.6 is 0 Å². The normalized spacial score (nSPS) is 10.6. The Morgan fingerprint density at radius 3 is 2.86 bits per heavy atom. The Labute approximate surface area is 128 Å². The minimum atomic E-state index is -0.123. The monoisotopic (exact) mass is 295 g/mol. The molecule has 0 bridgehead atoms. The molecule has 5 nitrogen and oxygen atoms in total. The summed E-state index contributed by atoms with van der Waals surface area (Å²) in [7, 11) is 1.62. The topological polar surface area (TPSA) is 67.0 Å². The molecule has 0 unspecified atom stereocenters. The number of aromatic nitrogens is 2. The molecule has 22 heavy (non-hydrogen) atoms. The quantitative estimate of drug-likeness (QED) is 0.777. The fraction of sp³-hybridized carbons (Fsp3) is 0.176. The lowest BCUT2D eigenvalue weighted by atomic mass is 10.1. The van der Waals surface area contributed by atoms with Crippen LogP contribution in [-0.4, -0.2) is 23.0 Å². The second kappa shape index (κ2) is 5.89. The third kappa shape index (κ3) is 2.53. The van der Waals surface area contributed by atoms with Crippen LogP contribution in [0.5, 0.6) is 5.75 Å².